The van der Waals surface area contributed by atoms with E-state index in [2.05, 4.69) is 10.6 Å². The van der Waals surface area contributed by atoms with E-state index in [-0.39, 0.29) is 29.4 Å². The second-order valence-electron chi connectivity index (χ2n) is 3.43. The van der Waals surface area contributed by atoms with Gasteiger partial charge in [-0.25, -0.2) is 0 Å². The summed E-state index contributed by atoms with van der Waals surface area (Å²) in [5.41, 5.74) is -0.0350. The minimum absolute atomic E-state index is 0.0770. The Morgan fingerprint density at radius 3 is 2.83 bits per heavy atom. The van der Waals surface area contributed by atoms with E-state index in [1.54, 1.807) is 0 Å². The summed E-state index contributed by atoms with van der Waals surface area (Å²) in [5, 5.41) is 24.7. The van der Waals surface area contributed by atoms with Crippen LogP contribution in [0.25, 0.3) is 0 Å². The van der Waals surface area contributed by atoms with E-state index in [1.165, 1.54) is 12.1 Å². The van der Waals surface area contributed by atoms with E-state index in [9.17, 15) is 14.9 Å². The predicted octanol–water partition coefficient (Wildman–Crippen LogP) is 1.01. The first-order chi connectivity index (χ1) is 8.58. The highest BCUT2D eigenvalue weighted by Gasteiger charge is 2.16. The Balaban J connectivity index is 2.92. The number of benzene rings is 1. The molecular formula is C11H12N4O3. The van der Waals surface area contributed by atoms with Gasteiger partial charge in [0.1, 0.15) is 5.69 Å². The average molecular weight is 248 g/mol. The third-order valence-corrected chi connectivity index (χ3v) is 2.13. The fourth-order valence-electron chi connectivity index (χ4n) is 1.29. The van der Waals surface area contributed by atoms with Crippen LogP contribution in [0.1, 0.15) is 12.5 Å². The number of nitrogens with zero attached hydrogens (tertiary/aromatic N) is 2. The molecule has 0 spiro atoms. The quantitative estimate of drug-likeness (QED) is 0.597. The molecule has 0 fully saturated rings. The van der Waals surface area contributed by atoms with Gasteiger partial charge in [0.25, 0.3) is 5.69 Å². The lowest BCUT2D eigenvalue weighted by atomic mass is 10.2. The number of nitro groups is 1. The van der Waals surface area contributed by atoms with Crippen molar-refractivity contribution in [2.75, 3.05) is 18.4 Å². The maximum atomic E-state index is 11.4. The van der Waals surface area contributed by atoms with Crippen LogP contribution in [0.2, 0.25) is 0 Å². The Hall–Kier alpha value is -2.46. The molecule has 0 aliphatic rings. The molecule has 1 amide bonds. The van der Waals surface area contributed by atoms with Gasteiger partial charge in [-0.1, -0.05) is 6.92 Å². The highest BCUT2D eigenvalue weighted by molar-refractivity contribution is 5.94. The summed E-state index contributed by atoms with van der Waals surface area (Å²) in [6, 6.07) is 5.70. The van der Waals surface area contributed by atoms with Crippen LogP contribution < -0.4 is 10.6 Å². The van der Waals surface area contributed by atoms with Crippen molar-refractivity contribution in [1.82, 2.24) is 5.32 Å². The third-order valence-electron chi connectivity index (χ3n) is 2.13. The van der Waals surface area contributed by atoms with E-state index in [4.69, 9.17) is 5.26 Å². The largest absolute Gasteiger partial charge is 0.319 e. The predicted molar refractivity (Wildman–Crippen MR) is 65.0 cm³/mol. The van der Waals surface area contributed by atoms with Gasteiger partial charge in [-0.3, -0.25) is 14.9 Å². The Labute approximate surface area is 104 Å². The minimum atomic E-state index is -0.635. The van der Waals surface area contributed by atoms with Crippen molar-refractivity contribution in [1.29, 1.82) is 5.26 Å². The molecule has 1 aromatic rings. The molecule has 1 aromatic carbocycles. The van der Waals surface area contributed by atoms with Gasteiger partial charge in [0.05, 0.1) is 23.1 Å². The van der Waals surface area contributed by atoms with Crippen molar-refractivity contribution in [2.24, 2.45) is 0 Å². The number of carbonyl (C=O) groups excluding carboxylic acids is 1. The summed E-state index contributed by atoms with van der Waals surface area (Å²) in [6.07, 6.45) is 0. The monoisotopic (exact) mass is 248 g/mol. The molecule has 7 nitrogen and oxygen atoms in total. The van der Waals surface area contributed by atoms with Crippen LogP contribution in [-0.2, 0) is 4.79 Å². The van der Waals surface area contributed by atoms with Crippen LogP contribution >= 0.6 is 0 Å². The topological polar surface area (TPSA) is 108 Å². The maximum absolute atomic E-state index is 11.4. The molecule has 0 aliphatic carbocycles. The molecule has 2 N–H and O–H groups in total. The summed E-state index contributed by atoms with van der Waals surface area (Å²) in [5.74, 6) is -0.371. The minimum Gasteiger partial charge on any atom is -0.319 e. The van der Waals surface area contributed by atoms with Crippen LogP contribution in [0, 0.1) is 21.4 Å². The SMILES string of the molecule is CCNCC(=O)Nc1ccc(C#N)cc1[N+](=O)[O-]. The second-order valence-corrected chi connectivity index (χ2v) is 3.43. The molecule has 94 valence electrons. The highest BCUT2D eigenvalue weighted by Crippen LogP contribution is 2.25. The standard InChI is InChI=1S/C11H12N4O3/c1-2-13-7-11(16)14-9-4-3-8(6-12)5-10(9)15(17)18/h3-5,13H,2,7H2,1H3,(H,14,16). The molecule has 0 aliphatic heterocycles. The summed E-state index contributed by atoms with van der Waals surface area (Å²) < 4.78 is 0. The molecule has 0 aromatic heterocycles. The van der Waals surface area contributed by atoms with Crippen LogP contribution in [0.3, 0.4) is 0 Å². The normalized spacial score (nSPS) is 9.56. The first-order valence-electron chi connectivity index (χ1n) is 5.27. The van der Waals surface area contributed by atoms with Crippen LogP contribution in [0.5, 0.6) is 0 Å². The number of rotatable bonds is 5. The molecule has 0 heterocycles. The van der Waals surface area contributed by atoms with E-state index >= 15 is 0 Å². The van der Waals surface area contributed by atoms with E-state index in [1.807, 2.05) is 13.0 Å². The summed E-state index contributed by atoms with van der Waals surface area (Å²) in [6.45, 7) is 2.55. The summed E-state index contributed by atoms with van der Waals surface area (Å²) >= 11 is 0. The fourth-order valence-corrected chi connectivity index (χ4v) is 1.29. The molecule has 1 rings (SSSR count). The van der Waals surface area contributed by atoms with Crippen molar-refractivity contribution < 1.29 is 9.72 Å². The van der Waals surface area contributed by atoms with Gasteiger partial charge in [-0.05, 0) is 18.7 Å². The van der Waals surface area contributed by atoms with Crippen molar-refractivity contribution in [3.63, 3.8) is 0 Å². The Morgan fingerprint density at radius 2 is 2.28 bits per heavy atom. The van der Waals surface area contributed by atoms with Crippen LogP contribution in [0.15, 0.2) is 18.2 Å². The number of hydrogen-bond donors (Lipinski definition) is 2. The molecule has 0 unspecified atom stereocenters. The number of amides is 1. The van der Waals surface area contributed by atoms with Gasteiger partial charge < -0.3 is 10.6 Å². The van der Waals surface area contributed by atoms with Crippen LogP contribution in [-0.4, -0.2) is 23.9 Å². The number of nitrogens with one attached hydrogen (secondary N) is 2. The molecule has 0 radical (unpaired) electrons. The van der Waals surface area contributed by atoms with Crippen LogP contribution in [0.4, 0.5) is 11.4 Å². The number of hydrogen-bond acceptors (Lipinski definition) is 5. The second kappa shape index (κ2) is 6.32. The smallest absolute Gasteiger partial charge is 0.294 e. The van der Waals surface area contributed by atoms with E-state index in [0.29, 0.717) is 6.54 Å². The lowest BCUT2D eigenvalue weighted by molar-refractivity contribution is -0.383. The highest BCUT2D eigenvalue weighted by atomic mass is 16.6. The lowest BCUT2D eigenvalue weighted by Crippen LogP contribution is -2.28. The molecule has 18 heavy (non-hydrogen) atoms. The van der Waals surface area contributed by atoms with Crippen molar-refractivity contribution in [3.8, 4) is 6.07 Å². The zero-order valence-electron chi connectivity index (χ0n) is 9.77. The molecule has 0 bridgehead atoms. The molecule has 0 saturated heterocycles. The summed E-state index contributed by atoms with van der Waals surface area (Å²) in [7, 11) is 0. The first-order valence-corrected chi connectivity index (χ1v) is 5.27. The van der Waals surface area contributed by atoms with Crippen molar-refractivity contribution in [2.45, 2.75) is 6.92 Å². The van der Waals surface area contributed by atoms with E-state index < -0.39 is 4.92 Å². The Morgan fingerprint density at radius 1 is 1.56 bits per heavy atom. The lowest BCUT2D eigenvalue weighted by Gasteiger charge is -2.06. The maximum Gasteiger partial charge on any atom is 0.294 e. The number of anilines is 1. The zero-order chi connectivity index (χ0) is 13.5. The number of carbonyl (C=O) groups is 1. The van der Waals surface area contributed by atoms with Gasteiger partial charge in [-0.2, -0.15) is 5.26 Å². The number of nitriles is 1. The van der Waals surface area contributed by atoms with Gasteiger partial charge in [-0.15, -0.1) is 0 Å². The third kappa shape index (κ3) is 3.54. The summed E-state index contributed by atoms with van der Waals surface area (Å²) in [4.78, 5) is 21.6. The first kappa shape index (κ1) is 13.6. The van der Waals surface area contributed by atoms with Crippen molar-refractivity contribution >= 4 is 17.3 Å². The average Bonchev–Trinajstić information content (AvgIpc) is 2.36. The van der Waals surface area contributed by atoms with Gasteiger partial charge in [0, 0.05) is 6.07 Å². The van der Waals surface area contributed by atoms with Gasteiger partial charge >= 0.3 is 0 Å². The fraction of sp³-hybridized carbons (Fsp3) is 0.273. The number of nitro benzene ring substituents is 1. The van der Waals surface area contributed by atoms with Gasteiger partial charge in [0.15, 0.2) is 0 Å². The molecular weight excluding hydrogens is 236 g/mol. The Kier molecular flexibility index (Phi) is 4.78. The molecule has 0 atom stereocenters. The molecule has 0 saturated carbocycles. The van der Waals surface area contributed by atoms with E-state index in [0.717, 1.165) is 6.07 Å². The van der Waals surface area contributed by atoms with Gasteiger partial charge in [0.2, 0.25) is 5.91 Å². The van der Waals surface area contributed by atoms with Crippen molar-refractivity contribution in [3.05, 3.63) is 33.9 Å². The zero-order valence-corrected chi connectivity index (χ0v) is 9.77. The Bertz CT molecular complexity index is 508. The molecule has 7 heteroatoms. The number of likely N-dealkylation sites (N-methyl/N-ethyl adjacent to an activating group) is 1.